The maximum atomic E-state index is 12.4. The molecule has 2 heterocycles. The number of amides is 1. The number of rotatable bonds is 5. The van der Waals surface area contributed by atoms with Crippen molar-refractivity contribution in [3.05, 3.63) is 41.9 Å². The fraction of sp³-hybridized carbons (Fsp3) is 0.412. The SMILES string of the molecule is Cc1ccc(NC(=O)Cn2cnc(S(=O)(=O)N3CCCC3)c2)cc1C. The highest BCUT2D eigenvalue weighted by Crippen LogP contribution is 2.19. The van der Waals surface area contributed by atoms with E-state index in [9.17, 15) is 13.2 Å². The average molecular weight is 362 g/mol. The summed E-state index contributed by atoms with van der Waals surface area (Å²) in [5.41, 5.74) is 2.97. The molecule has 1 N–H and O–H groups in total. The van der Waals surface area contributed by atoms with E-state index in [1.165, 1.54) is 21.4 Å². The fourth-order valence-electron chi connectivity index (χ4n) is 2.81. The van der Waals surface area contributed by atoms with Gasteiger partial charge in [-0.3, -0.25) is 4.79 Å². The van der Waals surface area contributed by atoms with E-state index >= 15 is 0 Å². The Labute approximate surface area is 147 Å². The van der Waals surface area contributed by atoms with E-state index in [0.29, 0.717) is 13.1 Å². The van der Waals surface area contributed by atoms with Gasteiger partial charge in [0.1, 0.15) is 6.54 Å². The Morgan fingerprint density at radius 3 is 2.60 bits per heavy atom. The number of aromatic nitrogens is 2. The lowest BCUT2D eigenvalue weighted by Gasteiger charge is -2.12. The third kappa shape index (κ3) is 3.91. The van der Waals surface area contributed by atoms with Crippen molar-refractivity contribution in [1.29, 1.82) is 0 Å². The lowest BCUT2D eigenvalue weighted by atomic mass is 10.1. The van der Waals surface area contributed by atoms with Gasteiger partial charge in [0.25, 0.3) is 10.0 Å². The monoisotopic (exact) mass is 362 g/mol. The summed E-state index contributed by atoms with van der Waals surface area (Å²) < 4.78 is 27.8. The molecule has 134 valence electrons. The van der Waals surface area contributed by atoms with Gasteiger partial charge in [-0.05, 0) is 49.9 Å². The molecule has 1 aromatic carbocycles. The molecule has 0 bridgehead atoms. The van der Waals surface area contributed by atoms with Crippen molar-refractivity contribution in [3.63, 3.8) is 0 Å². The molecule has 7 nitrogen and oxygen atoms in total. The van der Waals surface area contributed by atoms with Gasteiger partial charge < -0.3 is 9.88 Å². The number of nitrogens with one attached hydrogen (secondary N) is 1. The molecule has 0 aliphatic carbocycles. The van der Waals surface area contributed by atoms with E-state index in [-0.39, 0.29) is 17.5 Å². The van der Waals surface area contributed by atoms with Crippen molar-refractivity contribution >= 4 is 21.6 Å². The predicted molar refractivity (Wildman–Crippen MR) is 94.8 cm³/mol. The van der Waals surface area contributed by atoms with Crippen LogP contribution < -0.4 is 5.32 Å². The summed E-state index contributed by atoms with van der Waals surface area (Å²) >= 11 is 0. The molecule has 0 unspecified atom stereocenters. The predicted octanol–water partition coefficient (Wildman–Crippen LogP) is 1.92. The van der Waals surface area contributed by atoms with Crippen LogP contribution >= 0.6 is 0 Å². The zero-order valence-electron chi connectivity index (χ0n) is 14.4. The molecule has 8 heteroatoms. The molecule has 1 saturated heterocycles. The van der Waals surface area contributed by atoms with Crippen molar-refractivity contribution in [2.45, 2.75) is 38.3 Å². The van der Waals surface area contributed by atoms with Crippen LogP contribution in [0.2, 0.25) is 0 Å². The Balaban J connectivity index is 1.66. The number of anilines is 1. The topological polar surface area (TPSA) is 84.3 Å². The fourth-order valence-corrected chi connectivity index (χ4v) is 4.26. The van der Waals surface area contributed by atoms with E-state index in [4.69, 9.17) is 0 Å². The summed E-state index contributed by atoms with van der Waals surface area (Å²) in [6.07, 6.45) is 4.53. The van der Waals surface area contributed by atoms with Gasteiger partial charge in [-0.2, -0.15) is 4.31 Å². The molecule has 1 aliphatic heterocycles. The number of sulfonamides is 1. The maximum Gasteiger partial charge on any atom is 0.262 e. The summed E-state index contributed by atoms with van der Waals surface area (Å²) in [6, 6.07) is 5.70. The lowest BCUT2D eigenvalue weighted by molar-refractivity contribution is -0.116. The summed E-state index contributed by atoms with van der Waals surface area (Å²) in [4.78, 5) is 16.1. The number of hydrogen-bond acceptors (Lipinski definition) is 4. The third-order valence-electron chi connectivity index (χ3n) is 4.40. The van der Waals surface area contributed by atoms with Crippen LogP contribution in [-0.4, -0.2) is 41.3 Å². The standard InChI is InChI=1S/C17H22N4O3S/c1-13-5-6-15(9-14(13)2)19-16(22)10-20-11-17(18-12-20)25(23,24)21-7-3-4-8-21/h5-6,9,11-12H,3-4,7-8,10H2,1-2H3,(H,19,22). The normalized spacial score (nSPS) is 15.4. The Morgan fingerprint density at radius 1 is 1.20 bits per heavy atom. The van der Waals surface area contributed by atoms with Gasteiger partial charge in [0, 0.05) is 25.0 Å². The van der Waals surface area contributed by atoms with Crippen LogP contribution in [0.15, 0.2) is 35.7 Å². The van der Waals surface area contributed by atoms with Crippen LogP contribution in [0.1, 0.15) is 24.0 Å². The molecule has 0 radical (unpaired) electrons. The zero-order chi connectivity index (χ0) is 18.0. The van der Waals surface area contributed by atoms with Gasteiger partial charge in [-0.15, -0.1) is 0 Å². The molecular weight excluding hydrogens is 340 g/mol. The summed E-state index contributed by atoms with van der Waals surface area (Å²) in [5.74, 6) is -0.231. The molecule has 1 fully saturated rings. The first kappa shape index (κ1) is 17.6. The molecule has 1 amide bonds. The molecule has 2 aromatic rings. The minimum atomic E-state index is -3.55. The highest BCUT2D eigenvalue weighted by Gasteiger charge is 2.29. The molecule has 0 saturated carbocycles. The highest BCUT2D eigenvalue weighted by atomic mass is 32.2. The van der Waals surface area contributed by atoms with Gasteiger partial charge in [0.05, 0.1) is 6.33 Å². The van der Waals surface area contributed by atoms with Crippen LogP contribution in [0.25, 0.3) is 0 Å². The second-order valence-electron chi connectivity index (χ2n) is 6.34. The van der Waals surface area contributed by atoms with Crippen molar-refractivity contribution in [2.24, 2.45) is 0 Å². The number of aryl methyl sites for hydroxylation is 2. The number of imidazole rings is 1. The largest absolute Gasteiger partial charge is 0.327 e. The number of nitrogens with zero attached hydrogens (tertiary/aromatic N) is 3. The Kier molecular flexibility index (Phi) is 4.91. The number of benzene rings is 1. The first-order valence-electron chi connectivity index (χ1n) is 8.25. The quantitative estimate of drug-likeness (QED) is 0.881. The van der Waals surface area contributed by atoms with Crippen molar-refractivity contribution in [3.8, 4) is 0 Å². The summed E-state index contributed by atoms with van der Waals surface area (Å²) in [5, 5.41) is 2.81. The molecule has 0 spiro atoms. The molecule has 3 rings (SSSR count). The Bertz CT molecular complexity index is 883. The minimum absolute atomic E-state index is 0.00613. The maximum absolute atomic E-state index is 12.4. The summed E-state index contributed by atoms with van der Waals surface area (Å²) in [6.45, 7) is 5.06. The van der Waals surface area contributed by atoms with Crippen LogP contribution in [0.5, 0.6) is 0 Å². The molecule has 1 aromatic heterocycles. The molecule has 1 aliphatic rings. The minimum Gasteiger partial charge on any atom is -0.327 e. The van der Waals surface area contributed by atoms with Crippen molar-refractivity contribution < 1.29 is 13.2 Å². The van der Waals surface area contributed by atoms with Crippen LogP contribution in [0.4, 0.5) is 5.69 Å². The molecular formula is C17H22N4O3S. The van der Waals surface area contributed by atoms with E-state index in [2.05, 4.69) is 10.3 Å². The van der Waals surface area contributed by atoms with Crippen LogP contribution in [0.3, 0.4) is 0 Å². The molecule has 25 heavy (non-hydrogen) atoms. The van der Waals surface area contributed by atoms with E-state index in [1.54, 1.807) is 0 Å². The highest BCUT2D eigenvalue weighted by molar-refractivity contribution is 7.89. The zero-order valence-corrected chi connectivity index (χ0v) is 15.2. The van der Waals surface area contributed by atoms with E-state index in [0.717, 1.165) is 29.7 Å². The van der Waals surface area contributed by atoms with Crippen LogP contribution in [0, 0.1) is 13.8 Å². The summed E-state index contributed by atoms with van der Waals surface area (Å²) in [7, 11) is -3.55. The van der Waals surface area contributed by atoms with Gasteiger partial charge in [0.15, 0.2) is 5.03 Å². The second kappa shape index (κ2) is 6.97. The third-order valence-corrected chi connectivity index (χ3v) is 6.18. The van der Waals surface area contributed by atoms with Crippen molar-refractivity contribution in [2.75, 3.05) is 18.4 Å². The Hall–Kier alpha value is -2.19. The van der Waals surface area contributed by atoms with Gasteiger partial charge >= 0.3 is 0 Å². The second-order valence-corrected chi connectivity index (χ2v) is 8.23. The lowest BCUT2D eigenvalue weighted by Crippen LogP contribution is -2.28. The van der Waals surface area contributed by atoms with E-state index in [1.807, 2.05) is 32.0 Å². The number of hydrogen-bond donors (Lipinski definition) is 1. The number of carbonyl (C=O) groups excluding carboxylic acids is 1. The van der Waals surface area contributed by atoms with Gasteiger partial charge in [0.2, 0.25) is 5.91 Å². The average Bonchev–Trinajstić information content (AvgIpc) is 3.22. The smallest absolute Gasteiger partial charge is 0.262 e. The van der Waals surface area contributed by atoms with Gasteiger partial charge in [-0.1, -0.05) is 6.07 Å². The van der Waals surface area contributed by atoms with Crippen LogP contribution in [-0.2, 0) is 21.4 Å². The van der Waals surface area contributed by atoms with Gasteiger partial charge in [-0.25, -0.2) is 13.4 Å². The Morgan fingerprint density at radius 2 is 1.92 bits per heavy atom. The first-order chi connectivity index (χ1) is 11.9. The van der Waals surface area contributed by atoms with Crippen molar-refractivity contribution in [1.82, 2.24) is 13.9 Å². The number of carbonyl (C=O) groups is 1. The first-order valence-corrected chi connectivity index (χ1v) is 9.69. The van der Waals surface area contributed by atoms with E-state index < -0.39 is 10.0 Å². The molecule has 0 atom stereocenters.